The Hall–Kier alpha value is 0.270. The van der Waals surface area contributed by atoms with Gasteiger partial charge in [0.25, 0.3) is 0 Å². The lowest BCUT2D eigenvalue weighted by Crippen LogP contribution is -2.43. The molecular weight excluding hydrogens is 218 g/mol. The van der Waals surface area contributed by atoms with E-state index in [2.05, 4.69) is 30.9 Å². The molecule has 0 aromatic rings. The largest absolute Gasteiger partial charge is 0.375 e. The van der Waals surface area contributed by atoms with Crippen LogP contribution in [0.5, 0.6) is 0 Å². The maximum atomic E-state index is 5.76. The van der Waals surface area contributed by atoms with Crippen LogP contribution in [0, 0.1) is 0 Å². The summed E-state index contributed by atoms with van der Waals surface area (Å²) in [5.41, 5.74) is 0. The highest BCUT2D eigenvalue weighted by Crippen LogP contribution is 2.25. The molecule has 0 radical (unpaired) electrons. The lowest BCUT2D eigenvalue weighted by Gasteiger charge is -2.34. The van der Waals surface area contributed by atoms with Crippen molar-refractivity contribution in [3.63, 3.8) is 0 Å². The molecule has 0 amide bonds. The van der Waals surface area contributed by atoms with Gasteiger partial charge in [-0.3, -0.25) is 0 Å². The third-order valence-corrected chi connectivity index (χ3v) is 5.00. The Morgan fingerprint density at radius 2 is 1.94 bits per heavy atom. The molecule has 0 spiro atoms. The molecule has 3 atom stereocenters. The van der Waals surface area contributed by atoms with Crippen LogP contribution in [0.2, 0.25) is 0 Å². The zero-order valence-corrected chi connectivity index (χ0v) is 11.4. The van der Waals surface area contributed by atoms with E-state index in [4.69, 9.17) is 4.74 Å². The molecule has 0 bridgehead atoms. The van der Waals surface area contributed by atoms with Crippen molar-refractivity contribution in [2.75, 3.05) is 12.3 Å². The number of nitrogens with one attached hydrogen (secondary N) is 1. The number of rotatable bonds is 3. The number of hydrogen-bond donors (Lipinski definition) is 1. The lowest BCUT2D eigenvalue weighted by atomic mass is 9.99. The Kier molecular flexibility index (Phi) is 4.98. The molecule has 2 rings (SSSR count). The quantitative estimate of drug-likeness (QED) is 0.823. The van der Waals surface area contributed by atoms with Crippen molar-refractivity contribution in [1.29, 1.82) is 0 Å². The van der Waals surface area contributed by atoms with Crippen LogP contribution in [-0.4, -0.2) is 35.8 Å². The predicted octanol–water partition coefficient (Wildman–Crippen LogP) is 2.82. The molecule has 2 aliphatic rings. The van der Waals surface area contributed by atoms with Crippen LogP contribution in [0.4, 0.5) is 0 Å². The van der Waals surface area contributed by atoms with Gasteiger partial charge in [0.05, 0.1) is 12.2 Å². The lowest BCUT2D eigenvalue weighted by molar-refractivity contribution is -0.0419. The Morgan fingerprint density at radius 3 is 2.56 bits per heavy atom. The molecule has 0 saturated carbocycles. The van der Waals surface area contributed by atoms with Gasteiger partial charge in [0, 0.05) is 17.8 Å². The Balaban J connectivity index is 1.68. The normalized spacial score (nSPS) is 40.9. The Labute approximate surface area is 104 Å². The molecule has 2 fully saturated rings. The molecule has 94 valence electrons. The first-order chi connectivity index (χ1) is 7.74. The molecule has 1 N–H and O–H groups in total. The van der Waals surface area contributed by atoms with Crippen molar-refractivity contribution in [3.8, 4) is 0 Å². The van der Waals surface area contributed by atoms with Crippen molar-refractivity contribution < 1.29 is 4.74 Å². The second kappa shape index (κ2) is 6.27. The minimum absolute atomic E-state index is 0.431. The van der Waals surface area contributed by atoms with Crippen LogP contribution in [0.25, 0.3) is 0 Å². The van der Waals surface area contributed by atoms with Gasteiger partial charge in [-0.25, -0.2) is 0 Å². The molecule has 2 nitrogen and oxygen atoms in total. The molecule has 16 heavy (non-hydrogen) atoms. The van der Waals surface area contributed by atoms with Gasteiger partial charge in [0.15, 0.2) is 0 Å². The summed E-state index contributed by atoms with van der Waals surface area (Å²) >= 11 is 2.16. The van der Waals surface area contributed by atoms with Crippen molar-refractivity contribution in [1.82, 2.24) is 5.32 Å². The first kappa shape index (κ1) is 12.7. The van der Waals surface area contributed by atoms with E-state index < -0.39 is 0 Å². The van der Waals surface area contributed by atoms with E-state index in [1.807, 2.05) is 0 Å². The fraction of sp³-hybridized carbons (Fsp3) is 1.00. The molecule has 3 unspecified atom stereocenters. The summed E-state index contributed by atoms with van der Waals surface area (Å²) in [5.74, 6) is 1.37. The molecule has 2 heterocycles. The SMILES string of the molecule is CC1CC(NCC2CCCCS2)CC(C)O1. The fourth-order valence-electron chi connectivity index (χ4n) is 2.84. The summed E-state index contributed by atoms with van der Waals surface area (Å²) in [6, 6.07) is 0.682. The second-order valence-electron chi connectivity index (χ2n) is 5.32. The zero-order chi connectivity index (χ0) is 11.4. The molecule has 3 heteroatoms. The highest BCUT2D eigenvalue weighted by molar-refractivity contribution is 7.99. The van der Waals surface area contributed by atoms with Gasteiger partial charge in [-0.05, 0) is 45.3 Å². The van der Waals surface area contributed by atoms with Crippen LogP contribution in [0.3, 0.4) is 0 Å². The van der Waals surface area contributed by atoms with Crippen molar-refractivity contribution in [2.24, 2.45) is 0 Å². The Morgan fingerprint density at radius 1 is 1.19 bits per heavy atom. The third-order valence-electron chi connectivity index (χ3n) is 3.61. The Bertz CT molecular complexity index is 196. The number of ether oxygens (including phenoxy) is 1. The van der Waals surface area contributed by atoms with Gasteiger partial charge in [-0.1, -0.05) is 6.42 Å². The van der Waals surface area contributed by atoms with Crippen LogP contribution in [0.1, 0.15) is 46.0 Å². The summed E-state index contributed by atoms with van der Waals surface area (Å²) in [7, 11) is 0. The van der Waals surface area contributed by atoms with E-state index in [9.17, 15) is 0 Å². The molecule has 2 saturated heterocycles. The van der Waals surface area contributed by atoms with Crippen LogP contribution in [-0.2, 0) is 4.74 Å². The fourth-order valence-corrected chi connectivity index (χ4v) is 4.09. The maximum Gasteiger partial charge on any atom is 0.0565 e. The standard InChI is InChI=1S/C13H25NOS/c1-10-7-12(8-11(2)15-10)14-9-13-5-3-4-6-16-13/h10-14H,3-9H2,1-2H3. The van der Waals surface area contributed by atoms with E-state index in [0.29, 0.717) is 18.2 Å². The summed E-state index contributed by atoms with van der Waals surface area (Å²) < 4.78 is 5.76. The summed E-state index contributed by atoms with van der Waals surface area (Å²) in [6.07, 6.45) is 7.49. The van der Waals surface area contributed by atoms with Crippen molar-refractivity contribution in [2.45, 2.75) is 69.5 Å². The smallest absolute Gasteiger partial charge is 0.0565 e. The minimum Gasteiger partial charge on any atom is -0.375 e. The van der Waals surface area contributed by atoms with Gasteiger partial charge >= 0.3 is 0 Å². The average Bonchev–Trinajstić information content (AvgIpc) is 2.27. The van der Waals surface area contributed by atoms with Gasteiger partial charge in [-0.15, -0.1) is 0 Å². The number of hydrogen-bond acceptors (Lipinski definition) is 3. The predicted molar refractivity (Wildman–Crippen MR) is 71.1 cm³/mol. The van der Waals surface area contributed by atoms with E-state index in [-0.39, 0.29) is 0 Å². The molecular formula is C13H25NOS. The van der Waals surface area contributed by atoms with Gasteiger partial charge in [0.1, 0.15) is 0 Å². The van der Waals surface area contributed by atoms with Crippen molar-refractivity contribution >= 4 is 11.8 Å². The molecule has 0 aliphatic carbocycles. The maximum absolute atomic E-state index is 5.76. The average molecular weight is 243 g/mol. The van der Waals surface area contributed by atoms with E-state index >= 15 is 0 Å². The van der Waals surface area contributed by atoms with Gasteiger partial charge < -0.3 is 10.1 Å². The van der Waals surface area contributed by atoms with E-state index in [0.717, 1.165) is 5.25 Å². The zero-order valence-electron chi connectivity index (χ0n) is 10.6. The van der Waals surface area contributed by atoms with E-state index in [1.165, 1.54) is 44.4 Å². The molecule has 0 aromatic heterocycles. The van der Waals surface area contributed by atoms with Crippen LogP contribution >= 0.6 is 11.8 Å². The highest BCUT2D eigenvalue weighted by atomic mass is 32.2. The number of thioether (sulfide) groups is 1. The van der Waals surface area contributed by atoms with Crippen LogP contribution < -0.4 is 5.32 Å². The van der Waals surface area contributed by atoms with Crippen molar-refractivity contribution in [3.05, 3.63) is 0 Å². The molecule has 2 aliphatic heterocycles. The highest BCUT2D eigenvalue weighted by Gasteiger charge is 2.25. The first-order valence-corrected chi connectivity index (χ1v) is 7.79. The third kappa shape index (κ3) is 3.94. The summed E-state index contributed by atoms with van der Waals surface area (Å²) in [6.45, 7) is 5.59. The summed E-state index contributed by atoms with van der Waals surface area (Å²) in [5, 5.41) is 4.61. The van der Waals surface area contributed by atoms with E-state index in [1.54, 1.807) is 0 Å². The monoisotopic (exact) mass is 243 g/mol. The first-order valence-electron chi connectivity index (χ1n) is 6.74. The van der Waals surface area contributed by atoms with Gasteiger partial charge in [-0.2, -0.15) is 11.8 Å². The van der Waals surface area contributed by atoms with Crippen LogP contribution in [0.15, 0.2) is 0 Å². The topological polar surface area (TPSA) is 21.3 Å². The molecule has 0 aromatic carbocycles. The summed E-state index contributed by atoms with van der Waals surface area (Å²) in [4.78, 5) is 0. The second-order valence-corrected chi connectivity index (χ2v) is 6.73. The minimum atomic E-state index is 0.431. The van der Waals surface area contributed by atoms with Gasteiger partial charge in [0.2, 0.25) is 0 Å².